The molecule has 6 aliphatic rings. The number of epoxide rings is 1. The Labute approximate surface area is 365 Å². The van der Waals surface area contributed by atoms with Gasteiger partial charge in [0.1, 0.15) is 29.0 Å². The van der Waals surface area contributed by atoms with Crippen LogP contribution in [-0.4, -0.2) is 111 Å². The number of allylic oxidation sites excluding steroid dienone is 4. The first-order valence-corrected chi connectivity index (χ1v) is 21.8. The van der Waals surface area contributed by atoms with E-state index in [9.17, 15) is 9.59 Å². The molecule has 2 aliphatic heterocycles. The van der Waals surface area contributed by atoms with E-state index in [1.807, 2.05) is 34.6 Å². The third-order valence-electron chi connectivity index (χ3n) is 14.6. The van der Waals surface area contributed by atoms with Crippen LogP contribution in [0, 0.1) is 29.6 Å². The molecule has 8 nitrogen and oxygen atoms in total. The van der Waals surface area contributed by atoms with E-state index in [1.165, 1.54) is 43.0 Å². The second kappa shape index (κ2) is 21.3. The SMILES string of the molecule is C=C(C)C1CCC(C)(OC(=O)OC2CC(C(=C)C)CCC2(C)OC)C(C)C1.C=C(C)C1CCC2(C)OC(=O)OC2C1.C=C(C)C1CCC2(C)OC2C1.[B][B]B([B])B([B])[B]. The molecule has 0 aromatic carbocycles. The highest BCUT2D eigenvalue weighted by molar-refractivity contribution is 7.81. The van der Waals surface area contributed by atoms with Gasteiger partial charge < -0.3 is 28.4 Å². The van der Waals surface area contributed by atoms with E-state index in [1.54, 1.807) is 7.11 Å². The summed E-state index contributed by atoms with van der Waals surface area (Å²) in [5.74, 6) is 2.34. The van der Waals surface area contributed by atoms with Gasteiger partial charge in [-0.1, -0.05) is 55.5 Å². The first-order valence-electron chi connectivity index (χ1n) is 21.8. The fourth-order valence-electron chi connectivity index (χ4n) is 9.07. The lowest BCUT2D eigenvalue weighted by Gasteiger charge is -2.44. The van der Waals surface area contributed by atoms with Crippen LogP contribution in [0.5, 0.6) is 0 Å². The molecule has 12 unspecified atom stereocenters. The monoisotopic (exact) mass is 804 g/mol. The molecule has 6 rings (SSSR count). The predicted molar refractivity (Wildman–Crippen MR) is 246 cm³/mol. The minimum Gasteiger partial charge on any atom is -0.428 e. The van der Waals surface area contributed by atoms with Gasteiger partial charge in [0.25, 0.3) is 0 Å². The van der Waals surface area contributed by atoms with Gasteiger partial charge in [-0.2, -0.15) is 0 Å². The Bertz CT molecular complexity index is 1510. The molecule has 15 heteroatoms. The largest absolute Gasteiger partial charge is 0.509 e. The molecule has 2 saturated heterocycles. The molecule has 59 heavy (non-hydrogen) atoms. The number of hydrogen-bond donors (Lipinski definition) is 0. The number of methoxy groups -OCH3 is 1. The number of carbonyl (C=O) groups excluding carboxylic acids is 2. The number of rotatable bonds is 9. The topological polar surface area (TPSA) is 92.8 Å². The minimum absolute atomic E-state index is 0.0783. The standard InChI is InChI=1S/C23H38O4.C11H16O3.C10H16O.B7/c1-15(2)18-9-11-22(6,17(5)13-18)27-21(24)26-20-14-19(16(3)4)10-12-23(20,7)25-8;1-7(2)8-4-5-11(3)9(6-8)13-10(12)14-11;1-7(2)8-4-5-10(3)9(6-8)11-10;1-5-7(4)6(2)3/h17-20H,1,3,9-14H2,2,4-8H3;8-9H,1,4-6H2,2-3H3;8-9H,1,4-6H2,2-3H3;. The van der Waals surface area contributed by atoms with E-state index in [4.69, 9.17) is 59.4 Å². The zero-order valence-electron chi connectivity index (χ0n) is 38.2. The van der Waals surface area contributed by atoms with E-state index in [-0.39, 0.29) is 35.7 Å². The van der Waals surface area contributed by atoms with E-state index >= 15 is 0 Å². The number of carbonyl (C=O) groups is 2. The third kappa shape index (κ3) is 13.9. The van der Waals surface area contributed by atoms with E-state index in [0.29, 0.717) is 23.9 Å². The number of fused-ring (bicyclic) bond motifs is 2. The van der Waals surface area contributed by atoms with Gasteiger partial charge in [0, 0.05) is 57.9 Å². The Balaban J connectivity index is 0.000000240. The van der Waals surface area contributed by atoms with Crippen LogP contribution in [0.1, 0.15) is 139 Å². The Kier molecular flexibility index (Phi) is 18.5. The van der Waals surface area contributed by atoms with Crippen molar-refractivity contribution in [2.45, 2.75) is 180 Å². The van der Waals surface area contributed by atoms with Crippen LogP contribution >= 0.6 is 0 Å². The average Bonchev–Trinajstić information content (AvgIpc) is 3.74. The molecule has 9 radical (unpaired) electrons. The summed E-state index contributed by atoms with van der Waals surface area (Å²) in [6.07, 6.45) is 10.0. The molecule has 0 amide bonds. The van der Waals surface area contributed by atoms with Crippen molar-refractivity contribution in [2.75, 3.05) is 7.11 Å². The van der Waals surface area contributed by atoms with Crippen LogP contribution < -0.4 is 0 Å². The minimum atomic E-state index is -0.575. The molecule has 0 N–H and O–H groups in total. The highest BCUT2D eigenvalue weighted by Gasteiger charge is 2.55. The van der Waals surface area contributed by atoms with Crippen LogP contribution in [0.3, 0.4) is 0 Å². The van der Waals surface area contributed by atoms with Crippen molar-refractivity contribution in [3.05, 3.63) is 48.6 Å². The zero-order chi connectivity index (χ0) is 44.7. The Hall–Kier alpha value is -2.13. The maximum atomic E-state index is 12.7. The van der Waals surface area contributed by atoms with Crippen molar-refractivity contribution in [3.8, 4) is 0 Å². The normalized spacial score (nSPS) is 37.7. The molecule has 315 valence electrons. The lowest BCUT2D eigenvalue weighted by Crippen LogP contribution is -2.50. The molecular formula is C44H70B7O8. The smallest absolute Gasteiger partial charge is 0.428 e. The van der Waals surface area contributed by atoms with Crippen molar-refractivity contribution >= 4 is 63.1 Å². The average molecular weight is 803 g/mol. The van der Waals surface area contributed by atoms with Crippen molar-refractivity contribution in [2.24, 2.45) is 29.6 Å². The quantitative estimate of drug-likeness (QED) is 0.0992. The first-order chi connectivity index (χ1) is 27.3. The molecule has 4 saturated carbocycles. The summed E-state index contributed by atoms with van der Waals surface area (Å²) < 4.78 is 33.4. The summed E-state index contributed by atoms with van der Waals surface area (Å²) in [5, 5.41) is 0. The summed E-state index contributed by atoms with van der Waals surface area (Å²) in [5.41, 5.74) is 3.78. The maximum Gasteiger partial charge on any atom is 0.509 e. The van der Waals surface area contributed by atoms with Gasteiger partial charge in [0.15, 0.2) is 0 Å². The van der Waals surface area contributed by atoms with Gasteiger partial charge >= 0.3 is 12.3 Å². The van der Waals surface area contributed by atoms with Crippen molar-refractivity contribution in [1.82, 2.24) is 0 Å². The molecule has 0 aromatic heterocycles. The highest BCUT2D eigenvalue weighted by atomic mass is 16.8. The maximum absolute atomic E-state index is 12.7. The Morgan fingerprint density at radius 2 is 1.19 bits per heavy atom. The first kappa shape index (κ1) is 51.2. The van der Waals surface area contributed by atoms with Crippen molar-refractivity contribution in [3.63, 3.8) is 0 Å². The molecule has 4 aliphatic carbocycles. The van der Waals surface area contributed by atoms with Gasteiger partial charge in [0.2, 0.25) is 0 Å². The Morgan fingerprint density at radius 3 is 1.63 bits per heavy atom. The van der Waals surface area contributed by atoms with E-state index in [2.05, 4.69) is 54.0 Å². The van der Waals surface area contributed by atoms with Crippen LogP contribution in [0.4, 0.5) is 9.59 Å². The van der Waals surface area contributed by atoms with Gasteiger partial charge in [-0.05, 0) is 162 Å². The summed E-state index contributed by atoms with van der Waals surface area (Å²) in [7, 11) is 23.3. The lowest BCUT2D eigenvalue weighted by molar-refractivity contribution is -0.150. The zero-order valence-corrected chi connectivity index (χ0v) is 38.2. The van der Waals surface area contributed by atoms with Crippen LogP contribution in [0.25, 0.3) is 0 Å². The second-order valence-corrected chi connectivity index (χ2v) is 19.5. The van der Waals surface area contributed by atoms with Gasteiger partial charge in [-0.25, -0.2) is 9.59 Å². The van der Waals surface area contributed by atoms with Crippen molar-refractivity contribution in [1.29, 1.82) is 0 Å². The fraction of sp³-hybridized carbons (Fsp3) is 0.773. The van der Waals surface area contributed by atoms with Gasteiger partial charge in [-0.3, -0.25) is 0 Å². The van der Waals surface area contributed by atoms with Crippen molar-refractivity contribution < 1.29 is 38.0 Å². The Morgan fingerprint density at radius 1 is 0.729 bits per heavy atom. The number of hydrogen-bond acceptors (Lipinski definition) is 8. The third-order valence-corrected chi connectivity index (χ3v) is 14.6. The number of ether oxygens (including phenoxy) is 6. The lowest BCUT2D eigenvalue weighted by atomic mass is 8.76. The molecule has 0 bridgehead atoms. The van der Waals surface area contributed by atoms with Gasteiger partial charge in [-0.15, -0.1) is 0 Å². The molecule has 12 atom stereocenters. The molecule has 0 spiro atoms. The second-order valence-electron chi connectivity index (χ2n) is 19.5. The van der Waals surface area contributed by atoms with Crippen LogP contribution in [0.15, 0.2) is 48.6 Å². The molecule has 6 fully saturated rings. The summed E-state index contributed by atoms with van der Waals surface area (Å²) >= 11 is 0. The predicted octanol–water partition coefficient (Wildman–Crippen LogP) is 8.57. The van der Waals surface area contributed by atoms with E-state index in [0.717, 1.165) is 69.3 Å². The highest BCUT2D eigenvalue weighted by Crippen LogP contribution is 2.50. The molecule has 2 heterocycles. The summed E-state index contributed by atoms with van der Waals surface area (Å²) in [6.45, 7) is 34.8. The van der Waals surface area contributed by atoms with Crippen LogP contribution in [0.2, 0.25) is 0 Å². The fourth-order valence-corrected chi connectivity index (χ4v) is 9.07. The molecular weight excluding hydrogens is 732 g/mol. The summed E-state index contributed by atoms with van der Waals surface area (Å²) in [6, 6.07) is 0. The summed E-state index contributed by atoms with van der Waals surface area (Å²) in [4.78, 5) is 23.7. The van der Waals surface area contributed by atoms with Gasteiger partial charge in [0.05, 0.1) is 11.7 Å². The molecule has 0 aromatic rings. The van der Waals surface area contributed by atoms with E-state index < -0.39 is 29.9 Å². The van der Waals surface area contributed by atoms with Crippen LogP contribution in [-0.2, 0) is 28.4 Å².